The van der Waals surface area contributed by atoms with Gasteiger partial charge in [0.2, 0.25) is 0 Å². The SMILES string of the molecule is CC(COS(=O)(=O)C(F)(C(F)(F)F)C(F)(F)F)OS(=O)(=O)C(F)(C(F)(F)F)C(F)(F)F. The minimum atomic E-state index is -7.53. The number of rotatable bonds is 7. The molecule has 188 valence electrons. The first-order valence-electron chi connectivity index (χ1n) is 6.56. The van der Waals surface area contributed by atoms with Crippen LogP contribution >= 0.6 is 0 Å². The van der Waals surface area contributed by atoms with Crippen LogP contribution in [0.2, 0.25) is 0 Å². The van der Waals surface area contributed by atoms with Gasteiger partial charge in [0, 0.05) is 0 Å². The molecule has 0 aliphatic rings. The van der Waals surface area contributed by atoms with Crippen molar-refractivity contribution in [2.75, 3.05) is 6.61 Å². The molecule has 0 aliphatic carbocycles. The number of hydrogen-bond acceptors (Lipinski definition) is 6. The molecule has 0 rings (SSSR count). The summed E-state index contributed by atoms with van der Waals surface area (Å²) in [5, 5.41) is -14.3. The summed E-state index contributed by atoms with van der Waals surface area (Å²) in [6.07, 6.45) is -32.2. The minimum absolute atomic E-state index is 0.0681. The maximum atomic E-state index is 13.4. The van der Waals surface area contributed by atoms with E-state index in [2.05, 4.69) is 8.37 Å². The van der Waals surface area contributed by atoms with Crippen molar-refractivity contribution in [1.29, 1.82) is 0 Å². The first kappa shape index (κ1) is 29.8. The second-order valence-electron chi connectivity index (χ2n) is 5.28. The van der Waals surface area contributed by atoms with Crippen molar-refractivity contribution >= 4 is 20.2 Å². The summed E-state index contributed by atoms with van der Waals surface area (Å²) in [4.78, 5) is 0. The second kappa shape index (κ2) is 8.01. The van der Waals surface area contributed by atoms with E-state index in [-0.39, 0.29) is 6.92 Å². The van der Waals surface area contributed by atoms with Crippen molar-refractivity contribution in [2.24, 2.45) is 0 Å². The lowest BCUT2D eigenvalue weighted by Crippen LogP contribution is -2.60. The molecule has 0 spiro atoms. The molecule has 31 heavy (non-hydrogen) atoms. The van der Waals surface area contributed by atoms with Crippen LogP contribution in [0, 0.1) is 0 Å². The van der Waals surface area contributed by atoms with Crippen molar-refractivity contribution in [3.63, 3.8) is 0 Å². The van der Waals surface area contributed by atoms with Crippen LogP contribution in [0.15, 0.2) is 0 Å². The molecule has 0 aromatic rings. The third kappa shape index (κ3) is 5.10. The Morgan fingerprint density at radius 3 is 1.10 bits per heavy atom. The molecule has 0 heterocycles. The third-order valence-corrected chi connectivity index (χ3v) is 6.23. The Kier molecular flexibility index (Phi) is 7.71. The maximum absolute atomic E-state index is 13.4. The molecule has 0 amide bonds. The fourth-order valence-electron chi connectivity index (χ4n) is 1.47. The van der Waals surface area contributed by atoms with Gasteiger partial charge < -0.3 is 0 Å². The van der Waals surface area contributed by atoms with Gasteiger partial charge in [0.15, 0.2) is 0 Å². The van der Waals surface area contributed by atoms with Crippen LogP contribution in [0.25, 0.3) is 0 Å². The molecule has 0 bridgehead atoms. The predicted molar refractivity (Wildman–Crippen MR) is 66.2 cm³/mol. The molecule has 0 aliphatic heterocycles. The molecule has 22 heteroatoms. The van der Waals surface area contributed by atoms with Crippen LogP contribution in [0.1, 0.15) is 6.92 Å². The zero-order valence-electron chi connectivity index (χ0n) is 13.8. The highest BCUT2D eigenvalue weighted by Gasteiger charge is 2.83. The Balaban J connectivity index is 5.92. The van der Waals surface area contributed by atoms with E-state index in [0.717, 1.165) is 0 Å². The third-order valence-electron chi connectivity index (χ3n) is 2.90. The topological polar surface area (TPSA) is 86.7 Å². The summed E-state index contributed by atoms with van der Waals surface area (Å²) < 4.78 is 225. The maximum Gasteiger partial charge on any atom is 0.449 e. The zero-order chi connectivity index (χ0) is 25.7. The van der Waals surface area contributed by atoms with E-state index in [9.17, 15) is 78.3 Å². The number of hydrogen-bond donors (Lipinski definition) is 0. The fraction of sp³-hybridized carbons (Fsp3) is 1.00. The van der Waals surface area contributed by atoms with Gasteiger partial charge >= 0.3 is 54.9 Å². The molecule has 1 atom stereocenters. The van der Waals surface area contributed by atoms with Gasteiger partial charge in [0.25, 0.3) is 0 Å². The quantitative estimate of drug-likeness (QED) is 0.362. The summed E-state index contributed by atoms with van der Waals surface area (Å²) in [6.45, 7) is -2.59. The van der Waals surface area contributed by atoms with E-state index >= 15 is 0 Å². The average Bonchev–Trinajstić information content (AvgIpc) is 2.46. The Labute approximate surface area is 162 Å². The summed E-state index contributed by atoms with van der Waals surface area (Å²) in [5.74, 6) is 0. The van der Waals surface area contributed by atoms with Crippen LogP contribution in [0.3, 0.4) is 0 Å². The molecule has 0 N–H and O–H groups in total. The first-order chi connectivity index (χ1) is 13.1. The molecule has 0 aromatic heterocycles. The van der Waals surface area contributed by atoms with Gasteiger partial charge in [-0.05, 0) is 6.92 Å². The minimum Gasteiger partial charge on any atom is -0.264 e. The van der Waals surface area contributed by atoms with Crippen molar-refractivity contribution in [1.82, 2.24) is 0 Å². The normalized spacial score (nSPS) is 17.0. The first-order valence-corrected chi connectivity index (χ1v) is 9.38. The number of alkyl halides is 14. The van der Waals surface area contributed by atoms with E-state index in [1.165, 1.54) is 0 Å². The van der Waals surface area contributed by atoms with Gasteiger partial charge in [0.05, 0.1) is 12.7 Å². The Bertz CT molecular complexity index is 821. The summed E-state index contributed by atoms with van der Waals surface area (Å²) in [7, 11) is -15.0. The highest BCUT2D eigenvalue weighted by Crippen LogP contribution is 2.51. The summed E-state index contributed by atoms with van der Waals surface area (Å²) in [5.41, 5.74) is 0. The Morgan fingerprint density at radius 1 is 0.581 bits per heavy atom. The van der Waals surface area contributed by atoms with Crippen LogP contribution in [-0.2, 0) is 28.6 Å². The van der Waals surface area contributed by atoms with Crippen LogP contribution in [0.4, 0.5) is 61.5 Å². The van der Waals surface area contributed by atoms with Crippen LogP contribution in [0.5, 0.6) is 0 Å². The van der Waals surface area contributed by atoms with E-state index < -0.39 is 67.7 Å². The van der Waals surface area contributed by atoms with Gasteiger partial charge in [-0.3, -0.25) is 8.37 Å². The lowest BCUT2D eigenvalue weighted by molar-refractivity contribution is -0.309. The molecular formula is C9H6F14O6S2. The van der Waals surface area contributed by atoms with Gasteiger partial charge in [-0.1, -0.05) is 0 Å². The standard InChI is InChI=1S/C9H6F14O6S2/c1-3(29-31(26,27)5(11,8(18,19)20)9(21,22)23)2-28-30(24,25)4(10,6(12,13)14)7(15,16)17/h3H,2H2,1H3. The fourth-order valence-corrected chi connectivity index (χ4v) is 3.75. The molecule has 0 saturated heterocycles. The lowest BCUT2D eigenvalue weighted by Gasteiger charge is -2.30. The van der Waals surface area contributed by atoms with E-state index in [4.69, 9.17) is 0 Å². The Hall–Kier alpha value is -1.16. The van der Waals surface area contributed by atoms with Gasteiger partial charge in [0.1, 0.15) is 0 Å². The molecule has 6 nitrogen and oxygen atoms in total. The smallest absolute Gasteiger partial charge is 0.264 e. The highest BCUT2D eigenvalue weighted by atomic mass is 32.2. The molecule has 0 saturated carbocycles. The van der Waals surface area contributed by atoms with Gasteiger partial charge in [-0.25, -0.2) is 8.78 Å². The molecule has 0 aromatic carbocycles. The molecule has 0 fully saturated rings. The Morgan fingerprint density at radius 2 is 0.839 bits per heavy atom. The number of halogens is 14. The molecule has 0 radical (unpaired) electrons. The largest absolute Gasteiger partial charge is 0.449 e. The molecular weight excluding hydrogens is 534 g/mol. The van der Waals surface area contributed by atoms with E-state index in [0.29, 0.717) is 0 Å². The van der Waals surface area contributed by atoms with Crippen molar-refractivity contribution in [3.05, 3.63) is 0 Å². The summed E-state index contributed by atoms with van der Waals surface area (Å²) in [6, 6.07) is 0. The van der Waals surface area contributed by atoms with Crippen molar-refractivity contribution in [3.8, 4) is 0 Å². The van der Waals surface area contributed by atoms with Gasteiger partial charge in [-0.15, -0.1) is 0 Å². The van der Waals surface area contributed by atoms with Crippen molar-refractivity contribution < 1.29 is 86.7 Å². The molecule has 1 unspecified atom stereocenters. The predicted octanol–water partition coefficient (Wildman–Crippen LogP) is 3.65. The lowest BCUT2D eigenvalue weighted by atomic mass is 10.3. The zero-order valence-corrected chi connectivity index (χ0v) is 15.5. The average molecular weight is 540 g/mol. The van der Waals surface area contributed by atoms with E-state index in [1.807, 2.05) is 0 Å². The summed E-state index contributed by atoms with van der Waals surface area (Å²) >= 11 is 0. The van der Waals surface area contributed by atoms with Crippen molar-refractivity contribution in [2.45, 2.75) is 47.7 Å². The monoisotopic (exact) mass is 540 g/mol. The second-order valence-corrected chi connectivity index (χ2v) is 8.65. The highest BCUT2D eigenvalue weighted by molar-refractivity contribution is 7.88. The van der Waals surface area contributed by atoms with Gasteiger partial charge in [-0.2, -0.15) is 69.5 Å². The van der Waals surface area contributed by atoms with Crippen LogP contribution < -0.4 is 0 Å². The van der Waals surface area contributed by atoms with Crippen LogP contribution in [-0.4, -0.2) is 64.3 Å². The van der Waals surface area contributed by atoms with E-state index in [1.54, 1.807) is 0 Å².